The quantitative estimate of drug-likeness (QED) is 0.619. The monoisotopic (exact) mass is 197 g/mol. The lowest BCUT2D eigenvalue weighted by molar-refractivity contribution is 1.41. The highest BCUT2D eigenvalue weighted by molar-refractivity contribution is 6.01. The molecule has 1 heteroatoms. The molecule has 0 radical (unpaired) electrons. The fraction of sp³-hybridized carbons (Fsp3) is 0.214. The molecule has 15 heavy (non-hydrogen) atoms. The predicted octanol–water partition coefficient (Wildman–Crippen LogP) is 3.59. The molecular formula is C14H15N. The number of hydrogen-bond donors (Lipinski definition) is 0. The average molecular weight is 197 g/mol. The first kappa shape index (κ1) is 9.91. The first-order chi connectivity index (χ1) is 7.20. The molecule has 0 saturated heterocycles. The van der Waals surface area contributed by atoms with E-state index in [9.17, 15) is 0 Å². The molecule has 2 rings (SSSR count). The van der Waals surface area contributed by atoms with Crippen molar-refractivity contribution in [1.29, 1.82) is 0 Å². The van der Waals surface area contributed by atoms with Crippen molar-refractivity contribution in [1.82, 2.24) is 0 Å². The Labute approximate surface area is 90.5 Å². The van der Waals surface area contributed by atoms with Gasteiger partial charge in [-0.3, -0.25) is 4.99 Å². The number of benzene rings is 2. The number of aliphatic imine (C=N–C) groups is 1. The van der Waals surface area contributed by atoms with E-state index in [4.69, 9.17) is 0 Å². The fourth-order valence-corrected chi connectivity index (χ4v) is 1.72. The molecule has 0 amide bonds. The minimum Gasteiger partial charge on any atom is -0.293 e. The highest BCUT2D eigenvalue weighted by atomic mass is 14.7. The summed E-state index contributed by atoms with van der Waals surface area (Å²) in [6.45, 7) is 4.15. The van der Waals surface area contributed by atoms with E-state index in [2.05, 4.69) is 48.3 Å². The Morgan fingerprint density at radius 3 is 2.40 bits per heavy atom. The van der Waals surface area contributed by atoms with Gasteiger partial charge in [-0.15, -0.1) is 0 Å². The van der Waals surface area contributed by atoms with Crippen LogP contribution in [0.1, 0.15) is 18.1 Å². The SMILES string of the molecule is CN=C(C)c1ccc2cc(C)ccc2c1. The van der Waals surface area contributed by atoms with Gasteiger partial charge < -0.3 is 0 Å². The van der Waals surface area contributed by atoms with E-state index < -0.39 is 0 Å². The Kier molecular flexibility index (Phi) is 2.55. The third-order valence-electron chi connectivity index (χ3n) is 2.75. The molecular weight excluding hydrogens is 182 g/mol. The third kappa shape index (κ3) is 1.91. The second kappa shape index (κ2) is 3.85. The van der Waals surface area contributed by atoms with Crippen LogP contribution in [0.25, 0.3) is 10.8 Å². The molecule has 2 aromatic carbocycles. The first-order valence-electron chi connectivity index (χ1n) is 5.15. The Morgan fingerprint density at radius 1 is 1.00 bits per heavy atom. The zero-order valence-corrected chi connectivity index (χ0v) is 9.41. The number of hydrogen-bond acceptors (Lipinski definition) is 1. The first-order valence-corrected chi connectivity index (χ1v) is 5.15. The molecule has 1 nitrogen and oxygen atoms in total. The summed E-state index contributed by atoms with van der Waals surface area (Å²) in [5.74, 6) is 0. The van der Waals surface area contributed by atoms with E-state index in [0.29, 0.717) is 0 Å². The van der Waals surface area contributed by atoms with Crippen LogP contribution in [0.3, 0.4) is 0 Å². The summed E-state index contributed by atoms with van der Waals surface area (Å²) in [5.41, 5.74) is 3.59. The highest BCUT2D eigenvalue weighted by Crippen LogP contribution is 2.18. The van der Waals surface area contributed by atoms with Crippen molar-refractivity contribution in [3.05, 3.63) is 47.5 Å². The lowest BCUT2D eigenvalue weighted by Crippen LogP contribution is -1.93. The van der Waals surface area contributed by atoms with Crippen molar-refractivity contribution in [2.75, 3.05) is 7.05 Å². The normalized spacial score (nSPS) is 12.1. The van der Waals surface area contributed by atoms with Crippen LogP contribution in [-0.4, -0.2) is 12.8 Å². The molecule has 0 heterocycles. The molecule has 0 aliphatic heterocycles. The molecule has 2 aromatic rings. The zero-order chi connectivity index (χ0) is 10.8. The number of fused-ring (bicyclic) bond motifs is 1. The van der Waals surface area contributed by atoms with E-state index in [1.165, 1.54) is 21.9 Å². The van der Waals surface area contributed by atoms with Gasteiger partial charge in [0.15, 0.2) is 0 Å². The molecule has 0 spiro atoms. The molecule has 0 aliphatic carbocycles. The van der Waals surface area contributed by atoms with E-state index in [0.717, 1.165) is 5.71 Å². The topological polar surface area (TPSA) is 12.4 Å². The van der Waals surface area contributed by atoms with Crippen LogP contribution in [0, 0.1) is 6.92 Å². The fourth-order valence-electron chi connectivity index (χ4n) is 1.72. The summed E-state index contributed by atoms with van der Waals surface area (Å²) in [5, 5.41) is 2.57. The Hall–Kier alpha value is -1.63. The molecule has 0 unspecified atom stereocenters. The van der Waals surface area contributed by atoms with Gasteiger partial charge in [0.1, 0.15) is 0 Å². The second-order valence-corrected chi connectivity index (χ2v) is 3.87. The van der Waals surface area contributed by atoms with Gasteiger partial charge in [-0.2, -0.15) is 0 Å². The average Bonchev–Trinajstić information content (AvgIpc) is 2.27. The van der Waals surface area contributed by atoms with Gasteiger partial charge in [0.05, 0.1) is 0 Å². The van der Waals surface area contributed by atoms with Crippen molar-refractivity contribution in [2.24, 2.45) is 4.99 Å². The van der Waals surface area contributed by atoms with Crippen LogP contribution >= 0.6 is 0 Å². The second-order valence-electron chi connectivity index (χ2n) is 3.87. The Bertz CT molecular complexity index is 524. The summed E-state index contributed by atoms with van der Waals surface area (Å²) in [6, 6.07) is 13.0. The zero-order valence-electron chi connectivity index (χ0n) is 9.41. The van der Waals surface area contributed by atoms with Crippen LogP contribution in [-0.2, 0) is 0 Å². The highest BCUT2D eigenvalue weighted by Gasteiger charge is 1.98. The van der Waals surface area contributed by atoms with E-state index >= 15 is 0 Å². The van der Waals surface area contributed by atoms with Crippen LogP contribution < -0.4 is 0 Å². The molecule has 0 atom stereocenters. The molecule has 0 aromatic heterocycles. The predicted molar refractivity (Wildman–Crippen MR) is 66.8 cm³/mol. The van der Waals surface area contributed by atoms with Crippen molar-refractivity contribution in [2.45, 2.75) is 13.8 Å². The van der Waals surface area contributed by atoms with E-state index in [1.807, 2.05) is 14.0 Å². The Balaban J connectivity index is 2.62. The summed E-state index contributed by atoms with van der Waals surface area (Å²) >= 11 is 0. The smallest absolute Gasteiger partial charge is 0.0386 e. The lowest BCUT2D eigenvalue weighted by atomic mass is 10.0. The maximum Gasteiger partial charge on any atom is 0.0386 e. The van der Waals surface area contributed by atoms with Crippen molar-refractivity contribution >= 4 is 16.5 Å². The van der Waals surface area contributed by atoms with Gasteiger partial charge in [-0.05, 0) is 36.2 Å². The molecule has 0 saturated carbocycles. The van der Waals surface area contributed by atoms with Gasteiger partial charge in [0, 0.05) is 12.8 Å². The van der Waals surface area contributed by atoms with Crippen LogP contribution in [0.15, 0.2) is 41.4 Å². The van der Waals surface area contributed by atoms with Gasteiger partial charge >= 0.3 is 0 Å². The summed E-state index contributed by atoms with van der Waals surface area (Å²) < 4.78 is 0. The van der Waals surface area contributed by atoms with E-state index in [-0.39, 0.29) is 0 Å². The van der Waals surface area contributed by atoms with Crippen molar-refractivity contribution < 1.29 is 0 Å². The maximum atomic E-state index is 4.20. The number of aryl methyl sites for hydroxylation is 1. The minimum atomic E-state index is 1.08. The summed E-state index contributed by atoms with van der Waals surface area (Å²) in [6.07, 6.45) is 0. The molecule has 0 N–H and O–H groups in total. The van der Waals surface area contributed by atoms with Crippen LogP contribution in [0.2, 0.25) is 0 Å². The Morgan fingerprint density at radius 2 is 1.67 bits per heavy atom. The lowest BCUT2D eigenvalue weighted by Gasteiger charge is -2.03. The summed E-state index contributed by atoms with van der Waals surface area (Å²) in [4.78, 5) is 4.20. The van der Waals surface area contributed by atoms with Crippen molar-refractivity contribution in [3.63, 3.8) is 0 Å². The minimum absolute atomic E-state index is 1.08. The van der Waals surface area contributed by atoms with Crippen LogP contribution in [0.4, 0.5) is 0 Å². The van der Waals surface area contributed by atoms with E-state index in [1.54, 1.807) is 0 Å². The van der Waals surface area contributed by atoms with Crippen LogP contribution in [0.5, 0.6) is 0 Å². The molecule has 0 bridgehead atoms. The maximum absolute atomic E-state index is 4.20. The standard InChI is InChI=1S/C14H15N/c1-10-4-5-14-9-12(11(2)15-3)6-7-13(14)8-10/h4-9H,1-3H3. The van der Waals surface area contributed by atoms with Gasteiger partial charge in [-0.1, -0.05) is 35.9 Å². The van der Waals surface area contributed by atoms with Gasteiger partial charge in [0.25, 0.3) is 0 Å². The third-order valence-corrected chi connectivity index (χ3v) is 2.75. The summed E-state index contributed by atoms with van der Waals surface area (Å²) in [7, 11) is 1.83. The molecule has 76 valence electrons. The number of nitrogens with zero attached hydrogens (tertiary/aromatic N) is 1. The largest absolute Gasteiger partial charge is 0.293 e. The molecule has 0 fully saturated rings. The van der Waals surface area contributed by atoms with Crippen molar-refractivity contribution in [3.8, 4) is 0 Å². The van der Waals surface area contributed by atoms with Gasteiger partial charge in [-0.25, -0.2) is 0 Å². The molecule has 0 aliphatic rings. The van der Waals surface area contributed by atoms with Gasteiger partial charge in [0.2, 0.25) is 0 Å². The number of rotatable bonds is 1.